The van der Waals surface area contributed by atoms with Gasteiger partial charge in [0.2, 0.25) is 0 Å². The Kier molecular flexibility index (Phi) is 2.58. The smallest absolute Gasteiger partial charge is 0.145 e. The lowest BCUT2D eigenvalue weighted by Crippen LogP contribution is -2.02. The molecular weight excluding hydrogens is 190 g/mol. The Balaban J connectivity index is 2.23. The summed E-state index contributed by atoms with van der Waals surface area (Å²) in [5, 5.41) is 4.12. The van der Waals surface area contributed by atoms with Crippen LogP contribution in [0.5, 0.6) is 5.75 Å². The first-order valence-electron chi connectivity index (χ1n) is 4.70. The van der Waals surface area contributed by atoms with Crippen LogP contribution in [0.25, 0.3) is 0 Å². The van der Waals surface area contributed by atoms with E-state index in [2.05, 4.69) is 5.10 Å². The minimum Gasteiger partial charge on any atom is -0.496 e. The Morgan fingerprint density at radius 3 is 2.80 bits per heavy atom. The van der Waals surface area contributed by atoms with Crippen LogP contribution in [0, 0.1) is 0 Å². The molecule has 2 N–H and O–H groups in total. The molecule has 0 bridgehead atoms. The molecule has 4 nitrogen and oxygen atoms in total. The van der Waals surface area contributed by atoms with Crippen LogP contribution in [0.15, 0.2) is 36.5 Å². The van der Waals surface area contributed by atoms with E-state index in [1.54, 1.807) is 17.9 Å². The van der Waals surface area contributed by atoms with E-state index in [1.165, 1.54) is 0 Å². The van der Waals surface area contributed by atoms with Crippen molar-refractivity contribution in [1.29, 1.82) is 0 Å². The number of methoxy groups -OCH3 is 1. The third-order valence-corrected chi connectivity index (χ3v) is 2.19. The van der Waals surface area contributed by atoms with E-state index >= 15 is 0 Å². The van der Waals surface area contributed by atoms with Gasteiger partial charge in [-0.2, -0.15) is 5.10 Å². The zero-order valence-electron chi connectivity index (χ0n) is 8.55. The van der Waals surface area contributed by atoms with Crippen molar-refractivity contribution in [1.82, 2.24) is 9.78 Å². The fourth-order valence-corrected chi connectivity index (χ4v) is 1.47. The van der Waals surface area contributed by atoms with Gasteiger partial charge in [-0.15, -0.1) is 0 Å². The Labute approximate surface area is 88.3 Å². The molecule has 0 aliphatic rings. The highest BCUT2D eigenvalue weighted by Gasteiger charge is 2.02. The molecule has 15 heavy (non-hydrogen) atoms. The molecule has 2 rings (SSSR count). The molecule has 0 saturated heterocycles. The number of para-hydroxylation sites is 1. The maximum Gasteiger partial charge on any atom is 0.145 e. The number of benzene rings is 1. The fraction of sp³-hybridized carbons (Fsp3) is 0.182. The monoisotopic (exact) mass is 203 g/mol. The third kappa shape index (κ3) is 2.10. The Morgan fingerprint density at radius 2 is 2.13 bits per heavy atom. The van der Waals surface area contributed by atoms with Crippen molar-refractivity contribution in [3.05, 3.63) is 42.1 Å². The molecule has 1 aromatic heterocycles. The number of ether oxygens (including phenoxy) is 1. The van der Waals surface area contributed by atoms with Gasteiger partial charge < -0.3 is 10.5 Å². The van der Waals surface area contributed by atoms with Crippen molar-refractivity contribution >= 4 is 5.82 Å². The van der Waals surface area contributed by atoms with Gasteiger partial charge >= 0.3 is 0 Å². The number of aromatic nitrogens is 2. The van der Waals surface area contributed by atoms with Gasteiger partial charge in [0.25, 0.3) is 0 Å². The van der Waals surface area contributed by atoms with Gasteiger partial charge in [0.15, 0.2) is 0 Å². The topological polar surface area (TPSA) is 53.1 Å². The second-order valence-electron chi connectivity index (χ2n) is 3.25. The van der Waals surface area contributed by atoms with Crippen LogP contribution in [-0.4, -0.2) is 16.9 Å². The highest BCUT2D eigenvalue weighted by atomic mass is 16.5. The molecule has 1 heterocycles. The third-order valence-electron chi connectivity index (χ3n) is 2.19. The molecule has 0 amide bonds. The van der Waals surface area contributed by atoms with E-state index in [0.29, 0.717) is 12.4 Å². The molecular formula is C11H13N3O. The number of rotatable bonds is 3. The van der Waals surface area contributed by atoms with E-state index in [0.717, 1.165) is 11.3 Å². The minimum atomic E-state index is 0.532. The molecule has 0 saturated carbocycles. The second kappa shape index (κ2) is 4.04. The van der Waals surface area contributed by atoms with E-state index in [-0.39, 0.29) is 0 Å². The molecule has 2 aromatic rings. The SMILES string of the molecule is COc1ccccc1Cn1ccc(N)n1. The van der Waals surface area contributed by atoms with E-state index in [4.69, 9.17) is 10.5 Å². The van der Waals surface area contributed by atoms with Gasteiger partial charge in [-0.3, -0.25) is 4.68 Å². The summed E-state index contributed by atoms with van der Waals surface area (Å²) in [6.07, 6.45) is 1.85. The first kappa shape index (κ1) is 9.58. The molecule has 0 aliphatic heterocycles. The molecule has 0 radical (unpaired) electrons. The van der Waals surface area contributed by atoms with Gasteiger partial charge in [0, 0.05) is 11.8 Å². The Bertz CT molecular complexity index is 451. The summed E-state index contributed by atoms with van der Waals surface area (Å²) in [4.78, 5) is 0. The summed E-state index contributed by atoms with van der Waals surface area (Å²) >= 11 is 0. The van der Waals surface area contributed by atoms with Crippen molar-refractivity contribution < 1.29 is 4.74 Å². The van der Waals surface area contributed by atoms with Crippen LogP contribution >= 0.6 is 0 Å². The summed E-state index contributed by atoms with van der Waals surface area (Å²) in [7, 11) is 1.66. The number of anilines is 1. The highest BCUT2D eigenvalue weighted by molar-refractivity contribution is 5.33. The molecule has 78 valence electrons. The summed E-state index contributed by atoms with van der Waals surface area (Å²) < 4.78 is 7.04. The Morgan fingerprint density at radius 1 is 1.33 bits per heavy atom. The highest BCUT2D eigenvalue weighted by Crippen LogP contribution is 2.18. The number of hydrogen-bond donors (Lipinski definition) is 1. The predicted molar refractivity (Wildman–Crippen MR) is 58.7 cm³/mol. The maximum atomic E-state index is 5.54. The second-order valence-corrected chi connectivity index (χ2v) is 3.25. The van der Waals surface area contributed by atoms with Crippen LogP contribution in [0.1, 0.15) is 5.56 Å². The molecule has 0 atom stereocenters. The van der Waals surface area contributed by atoms with Crippen molar-refractivity contribution in [2.45, 2.75) is 6.54 Å². The van der Waals surface area contributed by atoms with Crippen LogP contribution in [0.4, 0.5) is 5.82 Å². The molecule has 0 unspecified atom stereocenters. The van der Waals surface area contributed by atoms with Crippen LogP contribution < -0.4 is 10.5 Å². The number of nitrogens with zero attached hydrogens (tertiary/aromatic N) is 2. The zero-order chi connectivity index (χ0) is 10.7. The van der Waals surface area contributed by atoms with Crippen molar-refractivity contribution in [2.75, 3.05) is 12.8 Å². The van der Waals surface area contributed by atoms with Gasteiger partial charge in [-0.25, -0.2) is 0 Å². The number of nitrogen functional groups attached to an aromatic ring is 1. The summed E-state index contributed by atoms with van der Waals surface area (Å²) in [5.74, 6) is 1.40. The van der Waals surface area contributed by atoms with Gasteiger partial charge in [-0.1, -0.05) is 18.2 Å². The van der Waals surface area contributed by atoms with E-state index in [1.807, 2.05) is 30.5 Å². The zero-order valence-corrected chi connectivity index (χ0v) is 8.55. The van der Waals surface area contributed by atoms with Gasteiger partial charge in [0.05, 0.1) is 13.7 Å². The van der Waals surface area contributed by atoms with E-state index in [9.17, 15) is 0 Å². The average Bonchev–Trinajstić information content (AvgIpc) is 2.65. The fourth-order valence-electron chi connectivity index (χ4n) is 1.47. The van der Waals surface area contributed by atoms with Crippen molar-refractivity contribution in [2.24, 2.45) is 0 Å². The standard InChI is InChI=1S/C11H13N3O/c1-15-10-5-3-2-4-9(10)8-14-7-6-11(12)13-14/h2-7H,8H2,1H3,(H2,12,13). The molecule has 0 fully saturated rings. The quantitative estimate of drug-likeness (QED) is 0.822. The summed E-state index contributed by atoms with van der Waals surface area (Å²) in [6, 6.07) is 9.64. The van der Waals surface area contributed by atoms with Crippen LogP contribution in [0.3, 0.4) is 0 Å². The Hall–Kier alpha value is -1.97. The molecule has 0 aliphatic carbocycles. The van der Waals surface area contributed by atoms with Gasteiger partial charge in [0.1, 0.15) is 11.6 Å². The number of nitrogens with two attached hydrogens (primary N) is 1. The van der Waals surface area contributed by atoms with Crippen LogP contribution in [0.2, 0.25) is 0 Å². The normalized spacial score (nSPS) is 10.2. The maximum absolute atomic E-state index is 5.54. The molecule has 1 aromatic carbocycles. The largest absolute Gasteiger partial charge is 0.496 e. The minimum absolute atomic E-state index is 0.532. The predicted octanol–water partition coefficient (Wildman–Crippen LogP) is 1.52. The lowest BCUT2D eigenvalue weighted by Gasteiger charge is -2.07. The average molecular weight is 203 g/mol. The van der Waals surface area contributed by atoms with Gasteiger partial charge in [-0.05, 0) is 12.1 Å². The van der Waals surface area contributed by atoms with Crippen molar-refractivity contribution in [3.63, 3.8) is 0 Å². The lowest BCUT2D eigenvalue weighted by atomic mass is 10.2. The number of hydrogen-bond acceptors (Lipinski definition) is 3. The van der Waals surface area contributed by atoms with E-state index < -0.39 is 0 Å². The lowest BCUT2D eigenvalue weighted by molar-refractivity contribution is 0.407. The summed E-state index contributed by atoms with van der Waals surface area (Å²) in [5.41, 5.74) is 6.63. The van der Waals surface area contributed by atoms with Crippen molar-refractivity contribution in [3.8, 4) is 5.75 Å². The summed E-state index contributed by atoms with van der Waals surface area (Å²) in [6.45, 7) is 0.668. The molecule has 0 spiro atoms. The first-order valence-corrected chi connectivity index (χ1v) is 4.70. The molecule has 4 heteroatoms. The first-order chi connectivity index (χ1) is 7.29. The van der Waals surface area contributed by atoms with Crippen LogP contribution in [-0.2, 0) is 6.54 Å².